The van der Waals surface area contributed by atoms with E-state index in [-0.39, 0.29) is 18.1 Å². The minimum absolute atomic E-state index is 0.0339. The van der Waals surface area contributed by atoms with Gasteiger partial charge in [-0.1, -0.05) is 54.2 Å². The second-order valence-electron chi connectivity index (χ2n) is 5.99. The molecule has 0 unspecified atom stereocenters. The Labute approximate surface area is 173 Å². The molecular formula is C21H21N3O4S. The maximum Gasteiger partial charge on any atom is 0.316 e. The van der Waals surface area contributed by atoms with Gasteiger partial charge < -0.3 is 14.0 Å². The van der Waals surface area contributed by atoms with Gasteiger partial charge >= 0.3 is 5.97 Å². The summed E-state index contributed by atoms with van der Waals surface area (Å²) in [6.07, 6.45) is 0. The highest BCUT2D eigenvalue weighted by atomic mass is 32.2. The largest absolute Gasteiger partial charge is 0.496 e. The quantitative estimate of drug-likeness (QED) is 0.303. The van der Waals surface area contributed by atoms with E-state index < -0.39 is 5.97 Å². The van der Waals surface area contributed by atoms with Crippen molar-refractivity contribution in [3.8, 4) is 17.1 Å². The second kappa shape index (κ2) is 9.88. The van der Waals surface area contributed by atoms with E-state index in [1.165, 1.54) is 18.9 Å². The zero-order valence-corrected chi connectivity index (χ0v) is 17.0. The van der Waals surface area contributed by atoms with Crippen LogP contribution >= 0.6 is 11.8 Å². The SMILES string of the molecule is CCn1c(SCC(=O)OCC(=O)c2ccccc2OC)nnc1-c1ccccc1. The average Bonchev–Trinajstić information content (AvgIpc) is 3.19. The molecule has 0 atom stereocenters. The van der Waals surface area contributed by atoms with E-state index in [9.17, 15) is 9.59 Å². The summed E-state index contributed by atoms with van der Waals surface area (Å²) in [5, 5.41) is 9.05. The Kier molecular flexibility index (Phi) is 7.02. The first kappa shape index (κ1) is 20.6. The molecule has 0 fully saturated rings. The van der Waals surface area contributed by atoms with Gasteiger partial charge in [0.2, 0.25) is 5.78 Å². The van der Waals surface area contributed by atoms with Crippen LogP contribution < -0.4 is 4.74 Å². The summed E-state index contributed by atoms with van der Waals surface area (Å²) in [4.78, 5) is 24.4. The molecule has 0 radical (unpaired) electrons. The molecule has 0 aliphatic heterocycles. The number of thioether (sulfide) groups is 1. The fourth-order valence-electron chi connectivity index (χ4n) is 2.75. The summed E-state index contributed by atoms with van der Waals surface area (Å²) in [7, 11) is 1.49. The van der Waals surface area contributed by atoms with Crippen molar-refractivity contribution in [2.24, 2.45) is 0 Å². The molecule has 0 saturated heterocycles. The molecule has 0 aliphatic carbocycles. The monoisotopic (exact) mass is 411 g/mol. The predicted molar refractivity (Wildman–Crippen MR) is 110 cm³/mol. The molecule has 0 aliphatic rings. The van der Waals surface area contributed by atoms with Crippen molar-refractivity contribution in [3.05, 3.63) is 60.2 Å². The van der Waals surface area contributed by atoms with Crippen LogP contribution in [-0.4, -0.2) is 46.0 Å². The first-order chi connectivity index (χ1) is 14.1. The number of carbonyl (C=O) groups excluding carboxylic acids is 2. The van der Waals surface area contributed by atoms with Gasteiger partial charge in [0.15, 0.2) is 17.6 Å². The van der Waals surface area contributed by atoms with Gasteiger partial charge in [-0.3, -0.25) is 9.59 Å². The third-order valence-corrected chi connectivity index (χ3v) is 5.10. The van der Waals surface area contributed by atoms with Crippen LogP contribution in [0.3, 0.4) is 0 Å². The smallest absolute Gasteiger partial charge is 0.316 e. The third kappa shape index (κ3) is 5.03. The minimum Gasteiger partial charge on any atom is -0.496 e. The number of hydrogen-bond donors (Lipinski definition) is 0. The number of ether oxygens (including phenoxy) is 2. The summed E-state index contributed by atoms with van der Waals surface area (Å²) in [5.74, 6) is 0.420. The third-order valence-electron chi connectivity index (χ3n) is 4.16. The number of carbonyl (C=O) groups is 2. The van der Waals surface area contributed by atoms with Gasteiger partial charge in [0.25, 0.3) is 0 Å². The number of benzene rings is 2. The molecule has 0 N–H and O–H groups in total. The van der Waals surface area contributed by atoms with Crippen LogP contribution in [0.15, 0.2) is 59.8 Å². The Hall–Kier alpha value is -3.13. The molecule has 3 aromatic rings. The summed E-state index contributed by atoms with van der Waals surface area (Å²) in [6.45, 7) is 2.32. The Morgan fingerprint density at radius 2 is 1.76 bits per heavy atom. The molecule has 0 bridgehead atoms. The van der Waals surface area contributed by atoms with Crippen LogP contribution in [0.25, 0.3) is 11.4 Å². The molecule has 1 aromatic heterocycles. The Morgan fingerprint density at radius 1 is 1.03 bits per heavy atom. The number of ketones is 1. The Balaban J connectivity index is 1.57. The lowest BCUT2D eigenvalue weighted by Gasteiger charge is -2.09. The molecule has 150 valence electrons. The molecule has 0 amide bonds. The van der Waals surface area contributed by atoms with E-state index in [1.54, 1.807) is 24.3 Å². The Morgan fingerprint density at radius 3 is 2.48 bits per heavy atom. The van der Waals surface area contributed by atoms with E-state index in [0.717, 1.165) is 11.4 Å². The maximum atomic E-state index is 12.3. The lowest BCUT2D eigenvalue weighted by atomic mass is 10.1. The standard InChI is InChI=1S/C21H21N3O4S/c1-3-24-20(15-9-5-4-6-10-15)22-23-21(24)29-14-19(26)28-13-17(25)16-11-7-8-12-18(16)27-2/h4-12H,3,13-14H2,1-2H3. The van der Waals surface area contributed by atoms with Crippen LogP contribution in [0.5, 0.6) is 5.75 Å². The van der Waals surface area contributed by atoms with Crippen molar-refractivity contribution in [1.82, 2.24) is 14.8 Å². The molecule has 0 spiro atoms. The van der Waals surface area contributed by atoms with Gasteiger partial charge in [-0.05, 0) is 19.1 Å². The number of Topliss-reactive ketones (excluding diaryl/α,β-unsaturated/α-hetero) is 1. The summed E-state index contributed by atoms with van der Waals surface area (Å²) < 4.78 is 12.2. The van der Waals surface area contributed by atoms with Crippen molar-refractivity contribution in [3.63, 3.8) is 0 Å². The van der Waals surface area contributed by atoms with Gasteiger partial charge in [0.1, 0.15) is 5.75 Å². The van der Waals surface area contributed by atoms with E-state index in [4.69, 9.17) is 9.47 Å². The van der Waals surface area contributed by atoms with Crippen LogP contribution in [0, 0.1) is 0 Å². The number of nitrogens with zero attached hydrogens (tertiary/aromatic N) is 3. The average molecular weight is 411 g/mol. The van der Waals surface area contributed by atoms with Crippen molar-refractivity contribution in [2.45, 2.75) is 18.6 Å². The van der Waals surface area contributed by atoms with Crippen molar-refractivity contribution < 1.29 is 19.1 Å². The van der Waals surface area contributed by atoms with Gasteiger partial charge in [-0.15, -0.1) is 10.2 Å². The molecular weight excluding hydrogens is 390 g/mol. The summed E-state index contributed by atoms with van der Waals surface area (Å²) in [5.41, 5.74) is 1.34. The van der Waals surface area contributed by atoms with Crippen molar-refractivity contribution in [1.29, 1.82) is 0 Å². The van der Waals surface area contributed by atoms with Crippen LogP contribution in [0.1, 0.15) is 17.3 Å². The van der Waals surface area contributed by atoms with Gasteiger partial charge in [-0.2, -0.15) is 0 Å². The minimum atomic E-state index is -0.495. The Bertz CT molecular complexity index is 989. The number of rotatable bonds is 9. The molecule has 1 heterocycles. The zero-order valence-electron chi connectivity index (χ0n) is 16.2. The van der Waals surface area contributed by atoms with Gasteiger partial charge in [-0.25, -0.2) is 0 Å². The fourth-order valence-corrected chi connectivity index (χ4v) is 3.55. The van der Waals surface area contributed by atoms with Crippen molar-refractivity contribution in [2.75, 3.05) is 19.5 Å². The van der Waals surface area contributed by atoms with Gasteiger partial charge in [0, 0.05) is 12.1 Å². The number of para-hydroxylation sites is 1. The highest BCUT2D eigenvalue weighted by molar-refractivity contribution is 7.99. The van der Waals surface area contributed by atoms with E-state index in [1.807, 2.05) is 41.8 Å². The fraction of sp³-hybridized carbons (Fsp3) is 0.238. The lowest BCUT2D eigenvalue weighted by molar-refractivity contribution is -0.139. The molecule has 8 heteroatoms. The van der Waals surface area contributed by atoms with E-state index >= 15 is 0 Å². The summed E-state index contributed by atoms with van der Waals surface area (Å²) >= 11 is 1.23. The molecule has 3 rings (SSSR count). The van der Waals surface area contributed by atoms with Crippen LogP contribution in [0.4, 0.5) is 0 Å². The number of hydrogen-bond acceptors (Lipinski definition) is 7. The molecule has 2 aromatic carbocycles. The number of methoxy groups -OCH3 is 1. The zero-order chi connectivity index (χ0) is 20.6. The van der Waals surface area contributed by atoms with E-state index in [0.29, 0.717) is 23.0 Å². The number of esters is 1. The molecule has 29 heavy (non-hydrogen) atoms. The first-order valence-electron chi connectivity index (χ1n) is 9.07. The van der Waals surface area contributed by atoms with Gasteiger partial charge in [0.05, 0.1) is 18.4 Å². The highest BCUT2D eigenvalue weighted by Gasteiger charge is 2.17. The molecule has 7 nitrogen and oxygen atoms in total. The molecule has 0 saturated carbocycles. The van der Waals surface area contributed by atoms with Crippen LogP contribution in [-0.2, 0) is 16.1 Å². The topological polar surface area (TPSA) is 83.3 Å². The maximum absolute atomic E-state index is 12.3. The normalized spacial score (nSPS) is 10.6. The van der Waals surface area contributed by atoms with E-state index in [2.05, 4.69) is 10.2 Å². The predicted octanol–water partition coefficient (Wildman–Crippen LogP) is 3.49. The van der Waals surface area contributed by atoms with Crippen LogP contribution in [0.2, 0.25) is 0 Å². The second-order valence-corrected chi connectivity index (χ2v) is 6.93. The first-order valence-corrected chi connectivity index (χ1v) is 10.1. The summed E-state index contributed by atoms with van der Waals surface area (Å²) in [6, 6.07) is 16.6. The number of aromatic nitrogens is 3. The van der Waals surface area contributed by atoms with Crippen molar-refractivity contribution >= 4 is 23.5 Å². The highest BCUT2D eigenvalue weighted by Crippen LogP contribution is 2.24. The lowest BCUT2D eigenvalue weighted by Crippen LogP contribution is -2.16.